The van der Waals surface area contributed by atoms with E-state index in [0.29, 0.717) is 28.7 Å². The number of rotatable bonds is 1. The van der Waals surface area contributed by atoms with Crippen molar-refractivity contribution in [3.63, 3.8) is 0 Å². The Kier molecular flexibility index (Phi) is 1.78. The molecule has 1 aromatic carbocycles. The fourth-order valence-corrected chi connectivity index (χ4v) is 3.39. The molecule has 0 spiro atoms. The van der Waals surface area contributed by atoms with Crippen molar-refractivity contribution in [1.29, 1.82) is 5.26 Å². The van der Waals surface area contributed by atoms with E-state index in [4.69, 9.17) is 5.26 Å². The van der Waals surface area contributed by atoms with E-state index in [2.05, 4.69) is 15.5 Å². The van der Waals surface area contributed by atoms with Crippen LogP contribution in [0.25, 0.3) is 10.9 Å². The predicted molar refractivity (Wildman–Crippen MR) is 63.8 cm³/mol. The third-order valence-corrected chi connectivity index (χ3v) is 4.45. The molecule has 4 nitrogen and oxygen atoms in total. The Morgan fingerprint density at radius 1 is 1.42 bits per heavy atom. The van der Waals surface area contributed by atoms with Crippen LogP contribution in [0, 0.1) is 17.2 Å². The fraction of sp³-hybridized carbons (Fsp3) is 0.385. The third kappa shape index (κ3) is 1.04. The van der Waals surface area contributed by atoms with Crippen LogP contribution >= 0.6 is 0 Å². The van der Waals surface area contributed by atoms with E-state index >= 15 is 0 Å². The smallest absolute Gasteiger partial charge is 0.266 e. The Balaban J connectivity index is 1.97. The third-order valence-electron chi connectivity index (χ3n) is 4.45. The van der Waals surface area contributed by atoms with Crippen molar-refractivity contribution in [3.05, 3.63) is 29.5 Å². The molecule has 1 saturated carbocycles. The van der Waals surface area contributed by atoms with E-state index in [1.807, 2.05) is 6.07 Å². The summed E-state index contributed by atoms with van der Waals surface area (Å²) in [6, 6.07) is 7.12. The molecule has 1 aromatic heterocycles. The van der Waals surface area contributed by atoms with Crippen LogP contribution in [0.1, 0.15) is 11.3 Å². The minimum atomic E-state index is -2.69. The number of alkyl halides is 2. The standard InChI is InChI=1S/C13H10F2N4/c14-13(15)9-5-17-6-12(9,13)11-8-3-1-2-7(4-16)10(8)18-19-11/h1-3,9,17H,5-6H2,(H,18,19). The molecule has 6 heteroatoms. The minimum absolute atomic E-state index is 0.249. The summed E-state index contributed by atoms with van der Waals surface area (Å²) in [6.07, 6.45) is 0. The second-order valence-electron chi connectivity index (χ2n) is 5.19. The van der Waals surface area contributed by atoms with Crippen LogP contribution < -0.4 is 5.32 Å². The molecule has 2 aliphatic rings. The number of halogens is 2. The van der Waals surface area contributed by atoms with Gasteiger partial charge in [0.1, 0.15) is 11.6 Å². The quantitative estimate of drug-likeness (QED) is 0.817. The monoisotopic (exact) mass is 260 g/mol. The van der Waals surface area contributed by atoms with Gasteiger partial charge < -0.3 is 5.32 Å². The number of H-pyrrole nitrogens is 1. The lowest BCUT2D eigenvalue weighted by Crippen LogP contribution is -2.29. The summed E-state index contributed by atoms with van der Waals surface area (Å²) in [7, 11) is 0. The zero-order valence-corrected chi connectivity index (χ0v) is 9.87. The molecule has 0 radical (unpaired) electrons. The summed E-state index contributed by atoms with van der Waals surface area (Å²) in [4.78, 5) is 0. The van der Waals surface area contributed by atoms with Crippen LogP contribution in [0.5, 0.6) is 0 Å². The van der Waals surface area contributed by atoms with Crippen molar-refractivity contribution in [2.45, 2.75) is 11.3 Å². The van der Waals surface area contributed by atoms with Gasteiger partial charge in [0, 0.05) is 18.5 Å². The zero-order chi connectivity index (χ0) is 13.3. The zero-order valence-electron chi connectivity index (χ0n) is 9.87. The van der Waals surface area contributed by atoms with Gasteiger partial charge in [-0.05, 0) is 6.07 Å². The van der Waals surface area contributed by atoms with Gasteiger partial charge in [0.2, 0.25) is 0 Å². The molecule has 4 rings (SSSR count). The van der Waals surface area contributed by atoms with Gasteiger partial charge >= 0.3 is 0 Å². The molecule has 2 heterocycles. The maximum Gasteiger partial charge on any atom is 0.266 e. The van der Waals surface area contributed by atoms with Gasteiger partial charge in [-0.1, -0.05) is 12.1 Å². The Hall–Kier alpha value is -2.00. The molecule has 1 aliphatic carbocycles. The number of nitrogens with one attached hydrogen (secondary N) is 2. The van der Waals surface area contributed by atoms with Gasteiger partial charge in [-0.15, -0.1) is 0 Å². The molecule has 2 N–H and O–H groups in total. The lowest BCUT2D eigenvalue weighted by atomic mass is 9.96. The highest BCUT2D eigenvalue weighted by molar-refractivity contribution is 5.88. The first kappa shape index (κ1) is 10.9. The lowest BCUT2D eigenvalue weighted by Gasteiger charge is -2.12. The summed E-state index contributed by atoms with van der Waals surface area (Å²) >= 11 is 0. The number of hydrogen-bond donors (Lipinski definition) is 2. The highest BCUT2D eigenvalue weighted by atomic mass is 19.3. The average molecular weight is 260 g/mol. The second kappa shape index (κ2) is 3.11. The molecule has 0 amide bonds. The molecule has 2 aromatic rings. The van der Waals surface area contributed by atoms with E-state index in [1.54, 1.807) is 18.2 Å². The van der Waals surface area contributed by atoms with E-state index < -0.39 is 17.3 Å². The second-order valence-corrected chi connectivity index (χ2v) is 5.19. The normalized spacial score (nSPS) is 31.1. The van der Waals surface area contributed by atoms with Gasteiger partial charge in [-0.2, -0.15) is 10.4 Å². The van der Waals surface area contributed by atoms with Gasteiger partial charge in [-0.3, -0.25) is 5.10 Å². The van der Waals surface area contributed by atoms with Crippen molar-refractivity contribution in [1.82, 2.24) is 15.5 Å². The number of fused-ring (bicyclic) bond motifs is 2. The van der Waals surface area contributed by atoms with Crippen molar-refractivity contribution in [2.24, 2.45) is 5.92 Å². The maximum atomic E-state index is 14.0. The van der Waals surface area contributed by atoms with Crippen molar-refractivity contribution >= 4 is 10.9 Å². The van der Waals surface area contributed by atoms with Crippen LogP contribution in [0.2, 0.25) is 0 Å². The lowest BCUT2D eigenvalue weighted by molar-refractivity contribution is 0.0671. The maximum absolute atomic E-state index is 14.0. The van der Waals surface area contributed by atoms with Crippen LogP contribution in [-0.2, 0) is 5.41 Å². The van der Waals surface area contributed by atoms with Gasteiger partial charge in [0.05, 0.1) is 22.6 Å². The molecule has 0 bridgehead atoms. The molecule has 2 fully saturated rings. The van der Waals surface area contributed by atoms with E-state index in [9.17, 15) is 8.78 Å². The van der Waals surface area contributed by atoms with E-state index in [0.717, 1.165) is 0 Å². The van der Waals surface area contributed by atoms with Crippen molar-refractivity contribution in [2.75, 3.05) is 13.1 Å². The number of aromatic amines is 1. The number of piperidine rings is 1. The van der Waals surface area contributed by atoms with Gasteiger partial charge in [-0.25, -0.2) is 8.78 Å². The Morgan fingerprint density at radius 2 is 2.26 bits per heavy atom. The molecular formula is C13H10F2N4. The molecular weight excluding hydrogens is 250 g/mol. The molecule has 1 aliphatic heterocycles. The van der Waals surface area contributed by atoms with Crippen LogP contribution in [0.4, 0.5) is 8.78 Å². The Labute approximate surface area is 107 Å². The van der Waals surface area contributed by atoms with Crippen molar-refractivity contribution < 1.29 is 8.78 Å². The highest BCUT2D eigenvalue weighted by Gasteiger charge is 2.83. The van der Waals surface area contributed by atoms with E-state index in [-0.39, 0.29) is 6.54 Å². The molecule has 1 saturated heterocycles. The fourth-order valence-electron chi connectivity index (χ4n) is 3.39. The molecule has 96 valence electrons. The SMILES string of the molecule is N#Cc1cccc2c(C34CNCC3C4(F)F)[nH]nc12. The topological polar surface area (TPSA) is 64.5 Å². The first-order valence-electron chi connectivity index (χ1n) is 6.09. The number of nitrogens with zero attached hydrogens (tertiary/aromatic N) is 2. The molecule has 2 unspecified atom stereocenters. The minimum Gasteiger partial charge on any atom is -0.315 e. The predicted octanol–water partition coefficient (Wildman–Crippen LogP) is 1.54. The number of benzene rings is 1. The summed E-state index contributed by atoms with van der Waals surface area (Å²) in [6.45, 7) is 0.574. The molecule has 19 heavy (non-hydrogen) atoms. The summed E-state index contributed by atoms with van der Waals surface area (Å²) in [5.74, 6) is -3.37. The van der Waals surface area contributed by atoms with Crippen LogP contribution in [-0.4, -0.2) is 29.2 Å². The first-order valence-corrected chi connectivity index (χ1v) is 6.09. The van der Waals surface area contributed by atoms with E-state index in [1.165, 1.54) is 0 Å². The largest absolute Gasteiger partial charge is 0.315 e. The summed E-state index contributed by atoms with van der Waals surface area (Å²) < 4.78 is 28.0. The van der Waals surface area contributed by atoms with Gasteiger partial charge in [0.25, 0.3) is 5.92 Å². The number of aromatic nitrogens is 2. The highest BCUT2D eigenvalue weighted by Crippen LogP contribution is 2.68. The number of nitriles is 1. The first-order chi connectivity index (χ1) is 9.13. The van der Waals surface area contributed by atoms with Crippen LogP contribution in [0.3, 0.4) is 0 Å². The average Bonchev–Trinajstić information content (AvgIpc) is 2.88. The Morgan fingerprint density at radius 3 is 2.95 bits per heavy atom. The molecule has 2 atom stereocenters. The van der Waals surface area contributed by atoms with Gasteiger partial charge in [0.15, 0.2) is 0 Å². The number of para-hydroxylation sites is 1. The Bertz CT molecular complexity index is 730. The van der Waals surface area contributed by atoms with Crippen molar-refractivity contribution in [3.8, 4) is 6.07 Å². The summed E-state index contributed by atoms with van der Waals surface area (Å²) in [5, 5.41) is 19.5. The number of hydrogen-bond acceptors (Lipinski definition) is 3. The van der Waals surface area contributed by atoms with Crippen LogP contribution in [0.15, 0.2) is 18.2 Å². The summed E-state index contributed by atoms with van der Waals surface area (Å²) in [5.41, 5.74) is 0.167.